The first-order valence-electron chi connectivity index (χ1n) is 9.56. The SMILES string of the molecule is CC1C2CC3(C#N)C(=O)OC(C2OC(=O)C(C)(C(C)(C)C)C(C)(C)C)C13. The van der Waals surface area contributed by atoms with E-state index in [1.165, 1.54) is 0 Å². The molecule has 1 saturated heterocycles. The molecule has 0 aromatic carbocycles. The summed E-state index contributed by atoms with van der Waals surface area (Å²) >= 11 is 0. The summed E-state index contributed by atoms with van der Waals surface area (Å²) in [6.07, 6.45) is -0.492. The summed E-state index contributed by atoms with van der Waals surface area (Å²) in [6.45, 7) is 16.3. The van der Waals surface area contributed by atoms with Gasteiger partial charge in [0.05, 0.1) is 11.5 Å². The van der Waals surface area contributed by atoms with Crippen molar-refractivity contribution in [2.75, 3.05) is 0 Å². The normalized spacial score (nSPS) is 38.9. The van der Waals surface area contributed by atoms with Crippen molar-refractivity contribution < 1.29 is 19.1 Å². The van der Waals surface area contributed by atoms with E-state index in [1.807, 2.05) is 13.8 Å². The van der Waals surface area contributed by atoms with Crippen LogP contribution in [0.5, 0.6) is 0 Å². The molecule has 2 saturated carbocycles. The van der Waals surface area contributed by atoms with Crippen LogP contribution in [-0.4, -0.2) is 24.1 Å². The van der Waals surface area contributed by atoms with Gasteiger partial charge < -0.3 is 9.47 Å². The van der Waals surface area contributed by atoms with Gasteiger partial charge in [0, 0.05) is 11.8 Å². The number of nitrogens with zero attached hydrogens (tertiary/aromatic N) is 1. The number of esters is 2. The van der Waals surface area contributed by atoms with Crippen LogP contribution in [0, 0.1) is 50.7 Å². The summed E-state index contributed by atoms with van der Waals surface area (Å²) in [7, 11) is 0. The van der Waals surface area contributed by atoms with Crippen molar-refractivity contribution in [1.82, 2.24) is 0 Å². The van der Waals surface area contributed by atoms with E-state index >= 15 is 0 Å². The highest BCUT2D eigenvalue weighted by molar-refractivity contribution is 5.85. The Bertz CT molecular complexity index is 678. The second-order valence-electron chi connectivity index (χ2n) is 10.7. The second kappa shape index (κ2) is 5.24. The Morgan fingerprint density at radius 2 is 1.73 bits per heavy atom. The third kappa shape index (κ3) is 2.08. The molecule has 6 atom stereocenters. The lowest BCUT2D eigenvalue weighted by Crippen LogP contribution is -2.53. The molecule has 6 unspecified atom stereocenters. The first-order valence-corrected chi connectivity index (χ1v) is 9.56. The highest BCUT2D eigenvalue weighted by atomic mass is 16.6. The van der Waals surface area contributed by atoms with Crippen LogP contribution in [0.4, 0.5) is 0 Å². The van der Waals surface area contributed by atoms with E-state index < -0.39 is 29.0 Å². The average Bonchev–Trinajstić information content (AvgIpc) is 3.01. The van der Waals surface area contributed by atoms with E-state index in [1.54, 1.807) is 0 Å². The molecule has 3 fully saturated rings. The second-order valence-corrected chi connectivity index (χ2v) is 10.7. The molecule has 26 heavy (non-hydrogen) atoms. The summed E-state index contributed by atoms with van der Waals surface area (Å²) in [5.41, 5.74) is -2.34. The van der Waals surface area contributed by atoms with Crippen molar-refractivity contribution >= 4 is 11.9 Å². The molecule has 2 aliphatic carbocycles. The Morgan fingerprint density at radius 1 is 1.19 bits per heavy atom. The lowest BCUT2D eigenvalue weighted by atomic mass is 9.55. The molecule has 0 radical (unpaired) electrons. The van der Waals surface area contributed by atoms with Crippen LogP contribution in [0.1, 0.15) is 61.8 Å². The molecule has 0 amide bonds. The lowest BCUT2D eigenvalue weighted by Gasteiger charge is -2.49. The van der Waals surface area contributed by atoms with Gasteiger partial charge in [0.2, 0.25) is 0 Å². The zero-order chi connectivity index (χ0) is 19.9. The number of fused-ring (bicyclic) bond motifs is 1. The highest BCUT2D eigenvalue weighted by Gasteiger charge is 2.75. The van der Waals surface area contributed by atoms with E-state index in [4.69, 9.17) is 9.47 Å². The molecule has 0 N–H and O–H groups in total. The Balaban J connectivity index is 1.91. The van der Waals surface area contributed by atoms with Crippen molar-refractivity contribution in [1.29, 1.82) is 5.26 Å². The zero-order valence-corrected chi connectivity index (χ0v) is 17.2. The van der Waals surface area contributed by atoms with E-state index in [0.29, 0.717) is 6.42 Å². The van der Waals surface area contributed by atoms with Gasteiger partial charge in [-0.25, -0.2) is 0 Å². The first-order chi connectivity index (χ1) is 11.7. The van der Waals surface area contributed by atoms with Crippen molar-refractivity contribution in [3.8, 4) is 6.07 Å². The lowest BCUT2D eigenvalue weighted by molar-refractivity contribution is -0.187. The molecule has 5 heteroatoms. The molecule has 3 rings (SSSR count). The number of nitriles is 1. The highest BCUT2D eigenvalue weighted by Crippen LogP contribution is 2.65. The van der Waals surface area contributed by atoms with Gasteiger partial charge in [-0.2, -0.15) is 5.26 Å². The maximum Gasteiger partial charge on any atom is 0.327 e. The maximum atomic E-state index is 13.4. The summed E-state index contributed by atoms with van der Waals surface area (Å²) in [6, 6.07) is 2.22. The molecule has 5 nitrogen and oxygen atoms in total. The van der Waals surface area contributed by atoms with Crippen LogP contribution in [-0.2, 0) is 19.1 Å². The van der Waals surface area contributed by atoms with Crippen molar-refractivity contribution in [3.63, 3.8) is 0 Å². The van der Waals surface area contributed by atoms with Gasteiger partial charge in [-0.05, 0) is 30.1 Å². The van der Waals surface area contributed by atoms with Crippen LogP contribution < -0.4 is 0 Å². The molecule has 144 valence electrons. The van der Waals surface area contributed by atoms with Crippen molar-refractivity contribution in [2.45, 2.75) is 74.0 Å². The van der Waals surface area contributed by atoms with E-state index in [-0.39, 0.29) is 34.6 Å². The number of ether oxygens (including phenoxy) is 2. The van der Waals surface area contributed by atoms with Crippen LogP contribution in [0.15, 0.2) is 0 Å². The number of rotatable bonds is 2. The minimum atomic E-state index is -1.03. The number of carbonyl (C=O) groups excluding carboxylic acids is 2. The van der Waals surface area contributed by atoms with Gasteiger partial charge in [0.15, 0.2) is 5.41 Å². The fourth-order valence-corrected chi connectivity index (χ4v) is 5.74. The number of hydrogen-bond acceptors (Lipinski definition) is 5. The Labute approximate surface area is 156 Å². The standard InChI is InChI=1S/C21H31NO4/c1-11-12-9-21(10-22)13(11)15(26-17(21)24)14(12)25-16(23)20(8,18(2,3)4)19(5,6)7/h11-15H,9H2,1-8H3. The Kier molecular flexibility index (Phi) is 3.87. The fourth-order valence-electron chi connectivity index (χ4n) is 5.74. The predicted molar refractivity (Wildman–Crippen MR) is 95.6 cm³/mol. The smallest absolute Gasteiger partial charge is 0.327 e. The van der Waals surface area contributed by atoms with Crippen molar-refractivity contribution in [2.24, 2.45) is 39.4 Å². The molecule has 0 spiro atoms. The molecule has 3 aliphatic rings. The molecule has 1 aliphatic heterocycles. The minimum absolute atomic E-state index is 0.00392. The van der Waals surface area contributed by atoms with Crippen LogP contribution in [0.3, 0.4) is 0 Å². The van der Waals surface area contributed by atoms with Gasteiger partial charge in [-0.15, -0.1) is 0 Å². The topological polar surface area (TPSA) is 76.4 Å². The monoisotopic (exact) mass is 361 g/mol. The maximum absolute atomic E-state index is 13.4. The van der Waals surface area contributed by atoms with Crippen LogP contribution in [0.25, 0.3) is 0 Å². The van der Waals surface area contributed by atoms with E-state index in [0.717, 1.165) is 0 Å². The van der Waals surface area contributed by atoms with Gasteiger partial charge in [-0.3, -0.25) is 9.59 Å². The van der Waals surface area contributed by atoms with Gasteiger partial charge >= 0.3 is 11.9 Å². The first kappa shape index (κ1) is 19.2. The molecule has 2 bridgehead atoms. The van der Waals surface area contributed by atoms with E-state index in [2.05, 4.69) is 47.6 Å². The van der Waals surface area contributed by atoms with Crippen molar-refractivity contribution in [3.05, 3.63) is 0 Å². The van der Waals surface area contributed by atoms with Crippen LogP contribution >= 0.6 is 0 Å². The van der Waals surface area contributed by atoms with Gasteiger partial charge in [0.1, 0.15) is 12.2 Å². The minimum Gasteiger partial charge on any atom is -0.458 e. The number of hydrogen-bond donors (Lipinski definition) is 0. The molecule has 0 aromatic heterocycles. The summed E-state index contributed by atoms with van der Waals surface area (Å²) < 4.78 is 11.6. The third-order valence-corrected chi connectivity index (χ3v) is 7.93. The molecule has 1 heterocycles. The zero-order valence-electron chi connectivity index (χ0n) is 17.2. The number of carbonyl (C=O) groups is 2. The summed E-state index contributed by atoms with van der Waals surface area (Å²) in [5.74, 6) is -0.702. The molecular formula is C21H31NO4. The van der Waals surface area contributed by atoms with E-state index in [9.17, 15) is 14.9 Å². The summed E-state index contributed by atoms with van der Waals surface area (Å²) in [5, 5.41) is 9.61. The van der Waals surface area contributed by atoms with Crippen LogP contribution in [0.2, 0.25) is 0 Å². The van der Waals surface area contributed by atoms with Gasteiger partial charge in [0.25, 0.3) is 0 Å². The molecule has 0 aromatic rings. The Morgan fingerprint density at radius 3 is 2.19 bits per heavy atom. The summed E-state index contributed by atoms with van der Waals surface area (Å²) in [4.78, 5) is 25.7. The molecular weight excluding hydrogens is 330 g/mol. The Hall–Kier alpha value is -1.57. The largest absolute Gasteiger partial charge is 0.458 e. The average molecular weight is 361 g/mol. The quantitative estimate of drug-likeness (QED) is 0.701. The predicted octanol–water partition coefficient (Wildman–Crippen LogP) is 3.72. The third-order valence-electron chi connectivity index (χ3n) is 7.93. The fraction of sp³-hybridized carbons (Fsp3) is 0.857. The van der Waals surface area contributed by atoms with Gasteiger partial charge in [-0.1, -0.05) is 48.5 Å².